The molecule has 0 N–H and O–H groups in total. The smallest absolute Gasteiger partial charge is 0.243 e. The van der Waals surface area contributed by atoms with E-state index in [1.54, 1.807) is 42.3 Å². The Morgan fingerprint density at radius 2 is 1.70 bits per heavy atom. The van der Waals surface area contributed by atoms with E-state index in [0.717, 1.165) is 22.6 Å². The minimum Gasteiger partial charge on any atom is -0.341 e. The fraction of sp³-hybridized carbons (Fsp3) is 0.360. The van der Waals surface area contributed by atoms with Crippen LogP contribution in [0.2, 0.25) is 0 Å². The van der Waals surface area contributed by atoms with Gasteiger partial charge in [-0.3, -0.25) is 4.79 Å². The second kappa shape index (κ2) is 9.49. The number of carbonyl (C=O) groups excluding carboxylic acids is 1. The summed E-state index contributed by atoms with van der Waals surface area (Å²) in [6, 6.07) is 18.3. The van der Waals surface area contributed by atoms with Crippen LogP contribution in [0.1, 0.15) is 29.8 Å². The molecular weight excluding hydrogens is 436 g/mol. The lowest BCUT2D eigenvalue weighted by molar-refractivity contribution is -0.135. The van der Waals surface area contributed by atoms with Crippen molar-refractivity contribution in [3.05, 3.63) is 77.6 Å². The Morgan fingerprint density at radius 3 is 2.36 bits per heavy atom. The van der Waals surface area contributed by atoms with Crippen LogP contribution in [0.4, 0.5) is 0 Å². The number of sulfonamides is 1. The van der Waals surface area contributed by atoms with Gasteiger partial charge in [-0.1, -0.05) is 36.4 Å². The van der Waals surface area contributed by atoms with Crippen molar-refractivity contribution in [2.45, 2.75) is 38.1 Å². The van der Waals surface area contributed by atoms with Crippen LogP contribution in [0.15, 0.2) is 65.6 Å². The van der Waals surface area contributed by atoms with Crippen LogP contribution in [0.5, 0.6) is 0 Å². The Kier molecular flexibility index (Phi) is 6.67. The van der Waals surface area contributed by atoms with Gasteiger partial charge in [0.2, 0.25) is 15.9 Å². The number of carbonyl (C=O) groups is 1. The first-order chi connectivity index (χ1) is 15.8. The van der Waals surface area contributed by atoms with Gasteiger partial charge in [-0.2, -0.15) is 9.40 Å². The molecule has 1 aromatic heterocycles. The molecule has 4 rings (SSSR count). The van der Waals surface area contributed by atoms with Gasteiger partial charge < -0.3 is 4.90 Å². The van der Waals surface area contributed by atoms with Crippen LogP contribution in [0.3, 0.4) is 0 Å². The van der Waals surface area contributed by atoms with E-state index in [9.17, 15) is 13.2 Å². The van der Waals surface area contributed by atoms with Gasteiger partial charge in [-0.15, -0.1) is 0 Å². The van der Waals surface area contributed by atoms with Gasteiger partial charge in [0.05, 0.1) is 22.2 Å². The molecule has 1 amide bonds. The Hall–Kier alpha value is -2.97. The lowest BCUT2D eigenvalue weighted by Crippen LogP contribution is -2.45. The van der Waals surface area contributed by atoms with Crippen molar-refractivity contribution in [3.8, 4) is 5.69 Å². The lowest BCUT2D eigenvalue weighted by atomic mass is 9.98. The molecule has 2 heterocycles. The summed E-state index contributed by atoms with van der Waals surface area (Å²) in [4.78, 5) is 15.3. The van der Waals surface area contributed by atoms with Crippen LogP contribution in [-0.2, 0) is 21.4 Å². The van der Waals surface area contributed by atoms with E-state index < -0.39 is 10.0 Å². The first-order valence-corrected chi connectivity index (χ1v) is 12.6. The third kappa shape index (κ3) is 4.72. The maximum atomic E-state index is 13.3. The summed E-state index contributed by atoms with van der Waals surface area (Å²) < 4.78 is 29.4. The number of piperidine rings is 1. The van der Waals surface area contributed by atoms with E-state index in [4.69, 9.17) is 0 Å². The van der Waals surface area contributed by atoms with Crippen molar-refractivity contribution in [2.75, 3.05) is 20.1 Å². The predicted molar refractivity (Wildman–Crippen MR) is 127 cm³/mol. The van der Waals surface area contributed by atoms with Crippen LogP contribution in [0, 0.1) is 19.8 Å². The highest BCUT2D eigenvalue weighted by Crippen LogP contribution is 2.26. The molecule has 0 bridgehead atoms. The number of amides is 1. The molecule has 0 aliphatic carbocycles. The summed E-state index contributed by atoms with van der Waals surface area (Å²) in [6.07, 6.45) is 1.35. The average Bonchev–Trinajstić information content (AvgIpc) is 3.13. The molecule has 1 aliphatic heterocycles. The molecule has 1 fully saturated rings. The average molecular weight is 467 g/mol. The molecule has 2 aromatic carbocycles. The van der Waals surface area contributed by atoms with E-state index >= 15 is 0 Å². The standard InChI is InChI=1S/C25H30N4O3S/c1-19-24(20(2)29(26-19)22-12-6-4-7-13-22)18-27(3)25(30)21-11-10-16-28(17-21)33(31,32)23-14-8-5-9-15-23/h4-9,12-15,21H,10-11,16-18H2,1-3H3. The molecule has 1 atom stereocenters. The molecule has 174 valence electrons. The molecule has 1 aliphatic rings. The predicted octanol–water partition coefficient (Wildman–Crippen LogP) is 3.55. The van der Waals surface area contributed by atoms with Crippen molar-refractivity contribution in [3.63, 3.8) is 0 Å². The molecule has 0 saturated carbocycles. The molecule has 7 nitrogen and oxygen atoms in total. The quantitative estimate of drug-likeness (QED) is 0.557. The summed E-state index contributed by atoms with van der Waals surface area (Å²) >= 11 is 0. The summed E-state index contributed by atoms with van der Waals surface area (Å²) in [7, 11) is -1.82. The maximum Gasteiger partial charge on any atom is 0.243 e. The molecule has 3 aromatic rings. The second-order valence-electron chi connectivity index (χ2n) is 8.61. The monoisotopic (exact) mass is 466 g/mol. The SMILES string of the molecule is Cc1nn(-c2ccccc2)c(C)c1CN(C)C(=O)C1CCCN(S(=O)(=O)c2ccccc2)C1. The number of benzene rings is 2. The van der Waals surface area contributed by atoms with Crippen molar-refractivity contribution in [1.82, 2.24) is 19.0 Å². The number of aryl methyl sites for hydroxylation is 1. The van der Waals surface area contributed by atoms with Gasteiger partial charge in [0.25, 0.3) is 0 Å². The summed E-state index contributed by atoms with van der Waals surface area (Å²) in [5.41, 5.74) is 3.87. The topological polar surface area (TPSA) is 75.5 Å². The van der Waals surface area contributed by atoms with Crippen molar-refractivity contribution in [2.24, 2.45) is 5.92 Å². The third-order valence-electron chi connectivity index (χ3n) is 6.33. The number of hydrogen-bond acceptors (Lipinski definition) is 4. The number of hydrogen-bond donors (Lipinski definition) is 0. The number of aromatic nitrogens is 2. The Morgan fingerprint density at radius 1 is 1.06 bits per heavy atom. The molecule has 1 saturated heterocycles. The van der Waals surface area contributed by atoms with E-state index in [-0.39, 0.29) is 23.3 Å². The van der Waals surface area contributed by atoms with Crippen LogP contribution >= 0.6 is 0 Å². The highest BCUT2D eigenvalue weighted by molar-refractivity contribution is 7.89. The molecular formula is C25H30N4O3S. The highest BCUT2D eigenvalue weighted by Gasteiger charge is 2.34. The van der Waals surface area contributed by atoms with Gasteiger partial charge in [-0.05, 0) is 51.0 Å². The van der Waals surface area contributed by atoms with Crippen LogP contribution in [-0.4, -0.2) is 53.4 Å². The Balaban J connectivity index is 1.48. The van der Waals surface area contributed by atoms with Gasteiger partial charge in [0.1, 0.15) is 0 Å². The van der Waals surface area contributed by atoms with Gasteiger partial charge >= 0.3 is 0 Å². The second-order valence-corrected chi connectivity index (χ2v) is 10.5. The number of para-hydroxylation sites is 1. The van der Waals surface area contributed by atoms with Gasteiger partial charge in [0.15, 0.2) is 0 Å². The zero-order valence-corrected chi connectivity index (χ0v) is 20.1. The number of nitrogens with zero attached hydrogens (tertiary/aromatic N) is 4. The number of rotatable bonds is 6. The van der Waals surface area contributed by atoms with E-state index in [1.807, 2.05) is 48.9 Å². The highest BCUT2D eigenvalue weighted by atomic mass is 32.2. The van der Waals surface area contributed by atoms with E-state index in [2.05, 4.69) is 5.10 Å². The fourth-order valence-electron chi connectivity index (χ4n) is 4.45. The van der Waals surface area contributed by atoms with Crippen molar-refractivity contribution >= 4 is 15.9 Å². The van der Waals surface area contributed by atoms with Gasteiger partial charge in [0, 0.05) is 37.9 Å². The zero-order chi connectivity index (χ0) is 23.6. The van der Waals surface area contributed by atoms with Crippen LogP contribution in [0.25, 0.3) is 5.69 Å². The molecule has 0 spiro atoms. The van der Waals surface area contributed by atoms with E-state index in [1.165, 1.54) is 4.31 Å². The van der Waals surface area contributed by atoms with E-state index in [0.29, 0.717) is 25.9 Å². The fourth-order valence-corrected chi connectivity index (χ4v) is 6.00. The first-order valence-electron chi connectivity index (χ1n) is 11.2. The van der Waals surface area contributed by atoms with Crippen molar-refractivity contribution in [1.29, 1.82) is 0 Å². The summed E-state index contributed by atoms with van der Waals surface area (Å²) in [6.45, 7) is 5.05. The third-order valence-corrected chi connectivity index (χ3v) is 8.21. The molecule has 33 heavy (non-hydrogen) atoms. The Labute approximate surface area is 195 Å². The zero-order valence-electron chi connectivity index (χ0n) is 19.3. The minimum atomic E-state index is -3.60. The first kappa shape index (κ1) is 23.2. The summed E-state index contributed by atoms with van der Waals surface area (Å²) in [5.74, 6) is -0.388. The lowest BCUT2D eigenvalue weighted by Gasteiger charge is -2.33. The Bertz CT molecular complexity index is 1220. The largest absolute Gasteiger partial charge is 0.341 e. The van der Waals surface area contributed by atoms with Crippen LogP contribution < -0.4 is 0 Å². The molecule has 0 radical (unpaired) electrons. The minimum absolute atomic E-state index is 0.0331. The molecule has 1 unspecified atom stereocenters. The summed E-state index contributed by atoms with van der Waals surface area (Å²) in [5, 5.41) is 4.67. The van der Waals surface area contributed by atoms with Crippen molar-refractivity contribution < 1.29 is 13.2 Å². The van der Waals surface area contributed by atoms with Gasteiger partial charge in [-0.25, -0.2) is 13.1 Å². The maximum absolute atomic E-state index is 13.3. The molecule has 8 heteroatoms. The normalized spacial score (nSPS) is 17.1.